The summed E-state index contributed by atoms with van der Waals surface area (Å²) in [6.45, 7) is 2.83. The minimum Gasteiger partial charge on any atom is -0.332 e. The highest BCUT2D eigenvalue weighted by Crippen LogP contribution is 2.37. The smallest absolute Gasteiger partial charge is 0.254 e. The van der Waals surface area contributed by atoms with E-state index in [2.05, 4.69) is 0 Å². The van der Waals surface area contributed by atoms with Gasteiger partial charge in [0.05, 0.1) is 26.1 Å². The number of carbonyl (C=O) groups excluding carboxylic acids is 2. The first-order chi connectivity index (χ1) is 12.5. The number of carbonyl (C=O) groups is 2. The lowest BCUT2D eigenvalue weighted by atomic mass is 9.90. The molecular weight excluding hydrogens is 335 g/mol. The lowest BCUT2D eigenvalue weighted by Crippen LogP contribution is -2.63. The van der Waals surface area contributed by atoms with Crippen molar-refractivity contribution in [3.63, 3.8) is 0 Å². The zero-order chi connectivity index (χ0) is 18.3. The summed E-state index contributed by atoms with van der Waals surface area (Å²) in [5.74, 6) is -0.747. The summed E-state index contributed by atoms with van der Waals surface area (Å²) in [7, 11) is 0. The quantitative estimate of drug-likeness (QED) is 0.852. The van der Waals surface area contributed by atoms with E-state index in [1.807, 2.05) is 30.3 Å². The van der Waals surface area contributed by atoms with Crippen LogP contribution >= 0.6 is 0 Å². The molecule has 2 aliphatic heterocycles. The molecule has 26 heavy (non-hydrogen) atoms. The fraction of sp³-hybridized carbons (Fsp3) is 0.300. The second-order valence-electron chi connectivity index (χ2n) is 6.99. The minimum absolute atomic E-state index is 0.0807. The summed E-state index contributed by atoms with van der Waals surface area (Å²) in [5, 5.41) is 1.38. The molecule has 1 spiro atoms. The molecule has 2 heterocycles. The van der Waals surface area contributed by atoms with Gasteiger partial charge in [-0.2, -0.15) is 0 Å². The monoisotopic (exact) mass is 354 g/mol. The van der Waals surface area contributed by atoms with Gasteiger partial charge in [0.25, 0.3) is 5.91 Å². The van der Waals surface area contributed by atoms with Gasteiger partial charge in [0.1, 0.15) is 11.4 Å². The molecule has 134 valence electrons. The number of hydroxylamine groups is 2. The number of likely N-dealkylation sites (tertiary alicyclic amines) is 1. The van der Waals surface area contributed by atoms with E-state index in [9.17, 15) is 14.0 Å². The standard InChI is InChI=1S/C20H19FN2O3/c1-14-7-8-16(21)9-17(14)19(25)22-12-20(13-22)10-18(24)23(26-20)11-15-5-3-2-4-6-15/h2-9H,10-13H2,1H3. The van der Waals surface area contributed by atoms with Gasteiger partial charge in [0.15, 0.2) is 0 Å². The number of amides is 2. The molecule has 4 rings (SSSR count). The molecule has 5 nitrogen and oxygen atoms in total. The number of hydrogen-bond donors (Lipinski definition) is 0. The minimum atomic E-state index is -0.650. The Bertz CT molecular complexity index is 863. The Morgan fingerprint density at radius 1 is 1.19 bits per heavy atom. The predicted molar refractivity (Wildman–Crippen MR) is 92.5 cm³/mol. The topological polar surface area (TPSA) is 49.9 Å². The van der Waals surface area contributed by atoms with Crippen molar-refractivity contribution in [3.8, 4) is 0 Å². The van der Waals surface area contributed by atoms with E-state index in [0.29, 0.717) is 25.2 Å². The van der Waals surface area contributed by atoms with E-state index in [4.69, 9.17) is 4.84 Å². The van der Waals surface area contributed by atoms with Crippen LogP contribution < -0.4 is 0 Å². The molecule has 2 aromatic carbocycles. The van der Waals surface area contributed by atoms with Crippen molar-refractivity contribution in [2.45, 2.75) is 25.5 Å². The summed E-state index contributed by atoms with van der Waals surface area (Å²) in [5.41, 5.74) is 1.42. The molecule has 6 heteroatoms. The van der Waals surface area contributed by atoms with E-state index in [-0.39, 0.29) is 18.2 Å². The molecule has 0 radical (unpaired) electrons. The number of nitrogens with zero attached hydrogens (tertiary/aromatic N) is 2. The molecule has 0 bridgehead atoms. The number of hydrogen-bond acceptors (Lipinski definition) is 3. The SMILES string of the molecule is Cc1ccc(F)cc1C(=O)N1CC2(CC(=O)N(Cc3ccccc3)O2)C1. The largest absolute Gasteiger partial charge is 0.332 e. The Hall–Kier alpha value is -2.73. The third kappa shape index (κ3) is 2.97. The lowest BCUT2D eigenvalue weighted by molar-refractivity contribution is -0.233. The van der Waals surface area contributed by atoms with Gasteiger partial charge >= 0.3 is 0 Å². The van der Waals surface area contributed by atoms with Gasteiger partial charge in [-0.3, -0.25) is 14.4 Å². The first-order valence-electron chi connectivity index (χ1n) is 8.55. The third-order valence-electron chi connectivity index (χ3n) is 4.90. The first-order valence-corrected chi connectivity index (χ1v) is 8.55. The predicted octanol–water partition coefficient (Wildman–Crippen LogP) is 2.69. The fourth-order valence-corrected chi connectivity index (χ4v) is 3.51. The van der Waals surface area contributed by atoms with Crippen LogP contribution in [0.1, 0.15) is 27.9 Å². The molecule has 0 aromatic heterocycles. The maximum Gasteiger partial charge on any atom is 0.254 e. The van der Waals surface area contributed by atoms with Gasteiger partial charge in [-0.15, -0.1) is 0 Å². The molecule has 0 aliphatic carbocycles. The van der Waals surface area contributed by atoms with Crippen LogP contribution in [0, 0.1) is 12.7 Å². The summed E-state index contributed by atoms with van der Waals surface area (Å²) >= 11 is 0. The zero-order valence-corrected chi connectivity index (χ0v) is 14.4. The molecule has 0 atom stereocenters. The van der Waals surface area contributed by atoms with Crippen molar-refractivity contribution >= 4 is 11.8 Å². The van der Waals surface area contributed by atoms with E-state index in [0.717, 1.165) is 11.1 Å². The Kier molecular flexibility index (Phi) is 4.00. The van der Waals surface area contributed by atoms with Crippen LogP contribution in [0.2, 0.25) is 0 Å². The molecule has 2 aliphatic rings. The number of benzene rings is 2. The Morgan fingerprint density at radius 2 is 1.92 bits per heavy atom. The Balaban J connectivity index is 1.41. The molecule has 0 N–H and O–H groups in total. The molecule has 2 fully saturated rings. The second-order valence-corrected chi connectivity index (χ2v) is 6.99. The summed E-state index contributed by atoms with van der Waals surface area (Å²) in [6.07, 6.45) is 0.256. The van der Waals surface area contributed by atoms with Crippen LogP contribution in [-0.2, 0) is 16.2 Å². The average Bonchev–Trinajstić information content (AvgIpc) is 2.93. The van der Waals surface area contributed by atoms with Crippen molar-refractivity contribution in [2.24, 2.45) is 0 Å². The maximum atomic E-state index is 13.5. The highest BCUT2D eigenvalue weighted by molar-refractivity contribution is 5.96. The second kappa shape index (κ2) is 6.21. The molecule has 2 aromatic rings. The van der Waals surface area contributed by atoms with Crippen molar-refractivity contribution in [1.29, 1.82) is 0 Å². The first kappa shape index (κ1) is 16.7. The van der Waals surface area contributed by atoms with Crippen molar-refractivity contribution in [3.05, 3.63) is 71.0 Å². The van der Waals surface area contributed by atoms with Crippen LogP contribution in [0.25, 0.3) is 0 Å². The molecular formula is C20H19FN2O3. The van der Waals surface area contributed by atoms with Gasteiger partial charge in [0, 0.05) is 5.56 Å². The van der Waals surface area contributed by atoms with Crippen LogP contribution in [0.3, 0.4) is 0 Å². The van der Waals surface area contributed by atoms with Gasteiger partial charge in [0.2, 0.25) is 5.91 Å². The molecule has 0 saturated carbocycles. The van der Waals surface area contributed by atoms with E-state index in [1.54, 1.807) is 17.9 Å². The van der Waals surface area contributed by atoms with E-state index < -0.39 is 11.4 Å². The van der Waals surface area contributed by atoms with Gasteiger partial charge in [-0.25, -0.2) is 9.45 Å². The number of aryl methyl sites for hydroxylation is 1. The van der Waals surface area contributed by atoms with Crippen LogP contribution in [0.4, 0.5) is 4.39 Å². The van der Waals surface area contributed by atoms with Gasteiger partial charge < -0.3 is 4.90 Å². The number of halogens is 1. The molecule has 0 unspecified atom stereocenters. The normalized spacial score (nSPS) is 18.3. The average molecular weight is 354 g/mol. The third-order valence-corrected chi connectivity index (χ3v) is 4.90. The van der Waals surface area contributed by atoms with Crippen LogP contribution in [0.5, 0.6) is 0 Å². The summed E-state index contributed by atoms with van der Waals surface area (Å²) in [4.78, 5) is 32.4. The highest BCUT2D eigenvalue weighted by Gasteiger charge is 2.54. The van der Waals surface area contributed by atoms with E-state index in [1.165, 1.54) is 17.2 Å². The summed E-state index contributed by atoms with van der Waals surface area (Å²) < 4.78 is 13.5. The van der Waals surface area contributed by atoms with Gasteiger partial charge in [-0.05, 0) is 30.2 Å². The molecule has 2 amide bonds. The fourth-order valence-electron chi connectivity index (χ4n) is 3.51. The lowest BCUT2D eigenvalue weighted by Gasteiger charge is -2.46. The Morgan fingerprint density at radius 3 is 2.65 bits per heavy atom. The highest BCUT2D eigenvalue weighted by atomic mass is 19.1. The number of rotatable bonds is 3. The van der Waals surface area contributed by atoms with Crippen molar-refractivity contribution in [2.75, 3.05) is 13.1 Å². The zero-order valence-electron chi connectivity index (χ0n) is 14.4. The Labute approximate surface area is 150 Å². The van der Waals surface area contributed by atoms with Crippen LogP contribution in [-0.4, -0.2) is 40.5 Å². The maximum absolute atomic E-state index is 13.5. The molecule has 2 saturated heterocycles. The van der Waals surface area contributed by atoms with Crippen LogP contribution in [0.15, 0.2) is 48.5 Å². The van der Waals surface area contributed by atoms with Gasteiger partial charge in [-0.1, -0.05) is 36.4 Å². The van der Waals surface area contributed by atoms with Crippen molar-refractivity contribution in [1.82, 2.24) is 9.96 Å². The summed E-state index contributed by atoms with van der Waals surface area (Å²) in [6, 6.07) is 13.8. The van der Waals surface area contributed by atoms with Crippen molar-refractivity contribution < 1.29 is 18.8 Å². The van der Waals surface area contributed by atoms with E-state index >= 15 is 0 Å².